The van der Waals surface area contributed by atoms with Crippen LogP contribution in [0.2, 0.25) is 0 Å². The third-order valence-electron chi connectivity index (χ3n) is 2.68. The van der Waals surface area contributed by atoms with Crippen molar-refractivity contribution in [2.75, 3.05) is 0 Å². The molecule has 2 unspecified atom stereocenters. The second-order valence-electron chi connectivity index (χ2n) is 4.06. The van der Waals surface area contributed by atoms with E-state index in [1.165, 1.54) is 0 Å². The highest BCUT2D eigenvalue weighted by molar-refractivity contribution is 6.20. The van der Waals surface area contributed by atoms with Crippen LogP contribution in [-0.2, 0) is 0 Å². The molecule has 2 N–H and O–H groups in total. The van der Waals surface area contributed by atoms with Gasteiger partial charge in [0.1, 0.15) is 0 Å². The van der Waals surface area contributed by atoms with Crippen molar-refractivity contribution in [3.05, 3.63) is 0 Å². The van der Waals surface area contributed by atoms with Gasteiger partial charge < -0.3 is 5.73 Å². The normalized spacial score (nSPS) is 18.2. The number of halogens is 1. The van der Waals surface area contributed by atoms with E-state index in [0.717, 1.165) is 38.5 Å². The molecule has 0 fully saturated rings. The van der Waals surface area contributed by atoms with Crippen molar-refractivity contribution in [1.29, 1.82) is 0 Å². The number of hydrogen-bond acceptors (Lipinski definition) is 1. The Kier molecular flexibility index (Phi) is 6.79. The molecule has 13 heavy (non-hydrogen) atoms. The summed E-state index contributed by atoms with van der Waals surface area (Å²) in [5.74, 6) is 0. The van der Waals surface area contributed by atoms with Gasteiger partial charge in [0.25, 0.3) is 0 Å². The maximum absolute atomic E-state index is 6.25. The number of rotatable bonds is 7. The zero-order valence-electron chi connectivity index (χ0n) is 9.28. The lowest BCUT2D eigenvalue weighted by atomic mass is 9.86. The molecule has 0 heterocycles. The van der Waals surface area contributed by atoms with Crippen LogP contribution in [0.1, 0.15) is 59.3 Å². The van der Waals surface area contributed by atoms with Gasteiger partial charge in [-0.2, -0.15) is 0 Å². The van der Waals surface area contributed by atoms with Crippen LogP contribution in [0.3, 0.4) is 0 Å². The first-order valence-electron chi connectivity index (χ1n) is 5.51. The highest BCUT2D eigenvalue weighted by Gasteiger charge is 2.24. The van der Waals surface area contributed by atoms with Crippen LogP contribution >= 0.6 is 11.6 Å². The van der Waals surface area contributed by atoms with Gasteiger partial charge in [0.05, 0.1) is 0 Å². The van der Waals surface area contributed by atoms with Crippen molar-refractivity contribution in [3.8, 4) is 0 Å². The third-order valence-corrected chi connectivity index (χ3v) is 3.05. The molecule has 0 rings (SSSR count). The van der Waals surface area contributed by atoms with Crippen molar-refractivity contribution in [2.45, 2.75) is 70.2 Å². The SMILES string of the molecule is CCCC(Cl)CC(N)(CC)CCC. The summed E-state index contributed by atoms with van der Waals surface area (Å²) in [6.45, 7) is 6.50. The van der Waals surface area contributed by atoms with E-state index in [4.69, 9.17) is 17.3 Å². The monoisotopic (exact) mass is 205 g/mol. The second-order valence-corrected chi connectivity index (χ2v) is 4.67. The minimum Gasteiger partial charge on any atom is -0.325 e. The van der Waals surface area contributed by atoms with E-state index >= 15 is 0 Å². The molecule has 80 valence electrons. The van der Waals surface area contributed by atoms with E-state index in [2.05, 4.69) is 20.8 Å². The number of nitrogens with two attached hydrogens (primary N) is 1. The average molecular weight is 206 g/mol. The van der Waals surface area contributed by atoms with E-state index < -0.39 is 0 Å². The summed E-state index contributed by atoms with van der Waals surface area (Å²) in [5, 5.41) is 0.265. The van der Waals surface area contributed by atoms with E-state index in [1.54, 1.807) is 0 Å². The van der Waals surface area contributed by atoms with Crippen LogP contribution in [-0.4, -0.2) is 10.9 Å². The Bertz CT molecular complexity index is 127. The molecule has 0 aromatic heterocycles. The summed E-state index contributed by atoms with van der Waals surface area (Å²) in [4.78, 5) is 0. The van der Waals surface area contributed by atoms with E-state index in [9.17, 15) is 0 Å². The highest BCUT2D eigenvalue weighted by Crippen LogP contribution is 2.24. The maximum atomic E-state index is 6.25. The van der Waals surface area contributed by atoms with Gasteiger partial charge in [-0.1, -0.05) is 33.6 Å². The Morgan fingerprint density at radius 1 is 1.23 bits per heavy atom. The maximum Gasteiger partial charge on any atom is 0.0353 e. The van der Waals surface area contributed by atoms with Crippen molar-refractivity contribution in [1.82, 2.24) is 0 Å². The second kappa shape index (κ2) is 6.67. The van der Waals surface area contributed by atoms with Crippen molar-refractivity contribution in [2.24, 2.45) is 5.73 Å². The molecule has 0 aliphatic carbocycles. The van der Waals surface area contributed by atoms with E-state index in [0.29, 0.717) is 0 Å². The summed E-state index contributed by atoms with van der Waals surface area (Å²) in [6, 6.07) is 0. The molecule has 2 heteroatoms. The molecule has 0 spiro atoms. The molecule has 0 radical (unpaired) electrons. The van der Waals surface area contributed by atoms with Gasteiger partial charge in [-0.25, -0.2) is 0 Å². The van der Waals surface area contributed by atoms with Gasteiger partial charge in [0.15, 0.2) is 0 Å². The van der Waals surface area contributed by atoms with Crippen molar-refractivity contribution >= 4 is 11.6 Å². The highest BCUT2D eigenvalue weighted by atomic mass is 35.5. The molecule has 2 atom stereocenters. The lowest BCUT2D eigenvalue weighted by Gasteiger charge is -2.30. The Hall–Kier alpha value is 0.250. The van der Waals surface area contributed by atoms with E-state index in [1.807, 2.05) is 0 Å². The summed E-state index contributed by atoms with van der Waals surface area (Å²) in [7, 11) is 0. The zero-order valence-corrected chi connectivity index (χ0v) is 10.0. The first kappa shape index (κ1) is 13.2. The van der Waals surface area contributed by atoms with Crippen LogP contribution in [0.5, 0.6) is 0 Å². The average Bonchev–Trinajstić information content (AvgIpc) is 2.05. The van der Waals surface area contributed by atoms with Gasteiger partial charge in [0.2, 0.25) is 0 Å². The Morgan fingerprint density at radius 2 is 1.85 bits per heavy atom. The molecule has 0 aromatic rings. The van der Waals surface area contributed by atoms with Crippen LogP contribution < -0.4 is 5.73 Å². The fourth-order valence-corrected chi connectivity index (χ4v) is 2.30. The van der Waals surface area contributed by atoms with Gasteiger partial charge >= 0.3 is 0 Å². The minimum atomic E-state index is -0.0175. The number of hydrogen-bond donors (Lipinski definition) is 1. The van der Waals surface area contributed by atoms with Crippen LogP contribution in [0.25, 0.3) is 0 Å². The molecule has 0 saturated carbocycles. The molecule has 0 bridgehead atoms. The lowest BCUT2D eigenvalue weighted by molar-refractivity contribution is 0.339. The predicted octanol–water partition coefficient (Wildman–Crippen LogP) is 3.69. The van der Waals surface area contributed by atoms with Crippen LogP contribution in [0.15, 0.2) is 0 Å². The minimum absolute atomic E-state index is 0.0175. The Labute approximate surface area is 88.0 Å². The molecular weight excluding hydrogens is 182 g/mol. The molecule has 0 aliphatic heterocycles. The first-order valence-corrected chi connectivity index (χ1v) is 5.94. The van der Waals surface area contributed by atoms with Crippen LogP contribution in [0.4, 0.5) is 0 Å². The van der Waals surface area contributed by atoms with Gasteiger partial charge in [0, 0.05) is 10.9 Å². The zero-order chi connectivity index (χ0) is 10.3. The lowest BCUT2D eigenvalue weighted by Crippen LogP contribution is -2.41. The van der Waals surface area contributed by atoms with Crippen molar-refractivity contribution in [3.63, 3.8) is 0 Å². The van der Waals surface area contributed by atoms with E-state index in [-0.39, 0.29) is 10.9 Å². The summed E-state index contributed by atoms with van der Waals surface area (Å²) < 4.78 is 0. The third kappa shape index (κ3) is 5.53. The van der Waals surface area contributed by atoms with Gasteiger partial charge in [-0.05, 0) is 25.7 Å². The predicted molar refractivity (Wildman–Crippen MR) is 61.3 cm³/mol. The molecule has 0 aliphatic rings. The Morgan fingerprint density at radius 3 is 2.23 bits per heavy atom. The Balaban J connectivity index is 3.93. The van der Waals surface area contributed by atoms with Crippen molar-refractivity contribution < 1.29 is 0 Å². The standard InChI is InChI=1S/C11H24ClN/c1-4-7-10(12)9-11(13,6-3)8-5-2/h10H,4-9,13H2,1-3H3. The van der Waals surface area contributed by atoms with Crippen LogP contribution in [0, 0.1) is 0 Å². The molecule has 0 saturated heterocycles. The number of alkyl halides is 1. The molecular formula is C11H24ClN. The van der Waals surface area contributed by atoms with Gasteiger partial charge in [-0.3, -0.25) is 0 Å². The fraction of sp³-hybridized carbons (Fsp3) is 1.00. The fourth-order valence-electron chi connectivity index (χ4n) is 1.78. The summed E-state index contributed by atoms with van der Waals surface area (Å²) in [6.07, 6.45) is 6.49. The summed E-state index contributed by atoms with van der Waals surface area (Å²) >= 11 is 6.20. The smallest absolute Gasteiger partial charge is 0.0353 e. The summed E-state index contributed by atoms with van der Waals surface area (Å²) in [5.41, 5.74) is 6.24. The molecule has 0 aromatic carbocycles. The van der Waals surface area contributed by atoms with Gasteiger partial charge in [-0.15, -0.1) is 11.6 Å². The topological polar surface area (TPSA) is 26.0 Å². The quantitative estimate of drug-likeness (QED) is 0.631. The molecule has 1 nitrogen and oxygen atoms in total. The first-order chi connectivity index (χ1) is 6.08. The largest absolute Gasteiger partial charge is 0.325 e. The molecule has 0 amide bonds.